The Labute approximate surface area is 112 Å². The molecule has 1 amide bonds. The van der Waals surface area contributed by atoms with Gasteiger partial charge in [0.2, 0.25) is 0 Å². The molecule has 0 aliphatic rings. The van der Waals surface area contributed by atoms with Crippen LogP contribution >= 0.6 is 0 Å². The monoisotopic (exact) mass is 258 g/mol. The zero-order valence-electron chi connectivity index (χ0n) is 11.1. The van der Waals surface area contributed by atoms with Gasteiger partial charge in [0.25, 0.3) is 5.91 Å². The summed E-state index contributed by atoms with van der Waals surface area (Å²) in [6.45, 7) is 2.35. The molecule has 0 spiro atoms. The van der Waals surface area contributed by atoms with Crippen LogP contribution in [-0.2, 0) is 4.74 Å². The second-order valence-corrected chi connectivity index (χ2v) is 4.54. The zero-order valence-corrected chi connectivity index (χ0v) is 11.1. The van der Waals surface area contributed by atoms with Crippen LogP contribution in [0.3, 0.4) is 0 Å². The first kappa shape index (κ1) is 13.4. The summed E-state index contributed by atoms with van der Waals surface area (Å²) in [6.07, 6.45) is -0.0226. The lowest BCUT2D eigenvalue weighted by Gasteiger charge is -2.12. The molecule has 0 fully saturated rings. The number of nitrogens with one attached hydrogen (secondary N) is 1. The number of carbonyl (C=O) groups excluding carboxylic acids is 1. The molecule has 0 bridgehead atoms. The summed E-state index contributed by atoms with van der Waals surface area (Å²) in [5.41, 5.74) is 6.92. The Morgan fingerprint density at radius 3 is 2.58 bits per heavy atom. The third-order valence-corrected chi connectivity index (χ3v) is 3.11. The first-order valence-corrected chi connectivity index (χ1v) is 6.21. The van der Waals surface area contributed by atoms with Crippen LogP contribution in [0, 0.1) is 0 Å². The Bertz CT molecular complexity index is 596. The van der Waals surface area contributed by atoms with Gasteiger partial charge in [-0.15, -0.1) is 0 Å². The second kappa shape index (κ2) is 5.71. The van der Waals surface area contributed by atoms with Crippen LogP contribution in [0.5, 0.6) is 0 Å². The van der Waals surface area contributed by atoms with Gasteiger partial charge in [0.1, 0.15) is 0 Å². The Morgan fingerprint density at radius 1 is 1.32 bits per heavy atom. The Kier molecular flexibility index (Phi) is 4.02. The zero-order chi connectivity index (χ0) is 13.8. The van der Waals surface area contributed by atoms with Crippen LogP contribution in [0.1, 0.15) is 17.3 Å². The molecule has 1 unspecified atom stereocenters. The van der Waals surface area contributed by atoms with E-state index >= 15 is 0 Å². The van der Waals surface area contributed by atoms with Crippen molar-refractivity contribution in [2.24, 2.45) is 0 Å². The van der Waals surface area contributed by atoms with E-state index in [1.807, 2.05) is 43.3 Å². The summed E-state index contributed by atoms with van der Waals surface area (Å²) >= 11 is 0. The molecule has 0 aromatic heterocycles. The lowest BCUT2D eigenvalue weighted by atomic mass is 10.0. The van der Waals surface area contributed by atoms with Crippen LogP contribution in [0.2, 0.25) is 0 Å². The fourth-order valence-corrected chi connectivity index (χ4v) is 1.87. The van der Waals surface area contributed by atoms with E-state index in [1.54, 1.807) is 7.11 Å². The maximum Gasteiger partial charge on any atom is 0.253 e. The number of nitrogens with two attached hydrogens (primary N) is 1. The predicted molar refractivity (Wildman–Crippen MR) is 77.2 cm³/mol. The van der Waals surface area contributed by atoms with Gasteiger partial charge in [0.15, 0.2) is 0 Å². The van der Waals surface area contributed by atoms with Crippen molar-refractivity contribution in [2.45, 2.75) is 13.0 Å². The van der Waals surface area contributed by atoms with Crippen molar-refractivity contribution < 1.29 is 9.53 Å². The SMILES string of the molecule is COC(C)CNC(=O)c1cc2ccccc2cc1N. The molecule has 2 rings (SSSR count). The summed E-state index contributed by atoms with van der Waals surface area (Å²) in [4.78, 5) is 12.1. The highest BCUT2D eigenvalue weighted by molar-refractivity contribution is 6.03. The normalized spacial score (nSPS) is 12.3. The summed E-state index contributed by atoms with van der Waals surface area (Å²) in [6, 6.07) is 11.5. The molecule has 0 aliphatic heterocycles. The van der Waals surface area contributed by atoms with E-state index in [9.17, 15) is 4.79 Å². The van der Waals surface area contributed by atoms with E-state index in [1.165, 1.54) is 0 Å². The van der Waals surface area contributed by atoms with E-state index in [-0.39, 0.29) is 12.0 Å². The Balaban J connectivity index is 2.24. The van der Waals surface area contributed by atoms with E-state index < -0.39 is 0 Å². The van der Waals surface area contributed by atoms with Crippen molar-refractivity contribution in [3.05, 3.63) is 42.0 Å². The van der Waals surface area contributed by atoms with Crippen LogP contribution < -0.4 is 11.1 Å². The largest absolute Gasteiger partial charge is 0.398 e. The lowest BCUT2D eigenvalue weighted by Crippen LogP contribution is -2.32. The molecule has 0 aliphatic carbocycles. The third-order valence-electron chi connectivity index (χ3n) is 3.11. The summed E-state index contributed by atoms with van der Waals surface area (Å²) < 4.78 is 5.09. The number of anilines is 1. The minimum absolute atomic E-state index is 0.0226. The van der Waals surface area contributed by atoms with Gasteiger partial charge < -0.3 is 15.8 Å². The quantitative estimate of drug-likeness (QED) is 0.826. The number of nitrogen functional groups attached to an aromatic ring is 1. The first-order chi connectivity index (χ1) is 9.11. The van der Waals surface area contributed by atoms with Crippen molar-refractivity contribution in [2.75, 3.05) is 19.4 Å². The van der Waals surface area contributed by atoms with Gasteiger partial charge in [0.05, 0.1) is 11.7 Å². The number of hydrogen-bond donors (Lipinski definition) is 2. The topological polar surface area (TPSA) is 64.3 Å². The van der Waals surface area contributed by atoms with E-state index in [0.717, 1.165) is 10.8 Å². The molecule has 2 aromatic rings. The van der Waals surface area contributed by atoms with Crippen LogP contribution in [0.15, 0.2) is 36.4 Å². The molecular formula is C15H18N2O2. The Morgan fingerprint density at radius 2 is 1.95 bits per heavy atom. The highest BCUT2D eigenvalue weighted by Crippen LogP contribution is 2.21. The number of ether oxygens (including phenoxy) is 1. The summed E-state index contributed by atoms with van der Waals surface area (Å²) in [5.74, 6) is -0.174. The first-order valence-electron chi connectivity index (χ1n) is 6.21. The molecule has 100 valence electrons. The minimum Gasteiger partial charge on any atom is -0.398 e. The number of methoxy groups -OCH3 is 1. The van der Waals surface area contributed by atoms with Crippen molar-refractivity contribution in [3.8, 4) is 0 Å². The number of amides is 1. The van der Waals surface area contributed by atoms with Crippen LogP contribution in [0.25, 0.3) is 10.8 Å². The standard InChI is InChI=1S/C15H18N2O2/c1-10(19-2)9-17-15(18)13-7-11-5-3-4-6-12(11)8-14(13)16/h3-8,10H,9,16H2,1-2H3,(H,17,18). The highest BCUT2D eigenvalue weighted by Gasteiger charge is 2.11. The molecule has 0 saturated carbocycles. The predicted octanol–water partition coefficient (Wildman–Crippen LogP) is 2.19. The van der Waals surface area contributed by atoms with Crippen LogP contribution in [-0.4, -0.2) is 25.7 Å². The van der Waals surface area contributed by atoms with E-state index in [0.29, 0.717) is 17.8 Å². The third kappa shape index (κ3) is 3.03. The van der Waals surface area contributed by atoms with Gasteiger partial charge in [-0.05, 0) is 29.8 Å². The number of hydrogen-bond acceptors (Lipinski definition) is 3. The van der Waals surface area contributed by atoms with Gasteiger partial charge in [-0.1, -0.05) is 24.3 Å². The van der Waals surface area contributed by atoms with Crippen molar-refractivity contribution in [1.29, 1.82) is 0 Å². The van der Waals surface area contributed by atoms with Gasteiger partial charge >= 0.3 is 0 Å². The summed E-state index contributed by atoms with van der Waals surface area (Å²) in [7, 11) is 1.61. The maximum atomic E-state index is 12.1. The molecule has 4 heteroatoms. The number of fused-ring (bicyclic) bond motifs is 1. The lowest BCUT2D eigenvalue weighted by molar-refractivity contribution is 0.0871. The molecule has 1 atom stereocenters. The molecule has 2 aromatic carbocycles. The summed E-state index contributed by atoms with van der Waals surface area (Å²) in [5, 5.41) is 4.84. The molecule has 0 heterocycles. The highest BCUT2D eigenvalue weighted by atomic mass is 16.5. The average Bonchev–Trinajstić information content (AvgIpc) is 2.43. The minimum atomic E-state index is -0.174. The molecule has 0 saturated heterocycles. The molecular weight excluding hydrogens is 240 g/mol. The second-order valence-electron chi connectivity index (χ2n) is 4.54. The fraction of sp³-hybridized carbons (Fsp3) is 0.267. The smallest absolute Gasteiger partial charge is 0.253 e. The van der Waals surface area contributed by atoms with E-state index in [4.69, 9.17) is 10.5 Å². The van der Waals surface area contributed by atoms with Gasteiger partial charge in [0, 0.05) is 19.3 Å². The molecule has 3 N–H and O–H groups in total. The molecule has 19 heavy (non-hydrogen) atoms. The number of rotatable bonds is 4. The van der Waals surface area contributed by atoms with Gasteiger partial charge in [-0.2, -0.15) is 0 Å². The van der Waals surface area contributed by atoms with Gasteiger partial charge in [-0.25, -0.2) is 0 Å². The molecule has 0 radical (unpaired) electrons. The molecule has 4 nitrogen and oxygen atoms in total. The van der Waals surface area contributed by atoms with Gasteiger partial charge in [-0.3, -0.25) is 4.79 Å². The fourth-order valence-electron chi connectivity index (χ4n) is 1.87. The van der Waals surface area contributed by atoms with E-state index in [2.05, 4.69) is 5.32 Å². The maximum absolute atomic E-state index is 12.1. The Hall–Kier alpha value is -2.07. The van der Waals surface area contributed by atoms with Crippen molar-refractivity contribution in [3.63, 3.8) is 0 Å². The van der Waals surface area contributed by atoms with Crippen molar-refractivity contribution >= 4 is 22.4 Å². The number of carbonyl (C=O) groups is 1. The van der Waals surface area contributed by atoms with Crippen molar-refractivity contribution in [1.82, 2.24) is 5.32 Å². The average molecular weight is 258 g/mol. The number of benzene rings is 2. The van der Waals surface area contributed by atoms with Crippen LogP contribution in [0.4, 0.5) is 5.69 Å².